The van der Waals surface area contributed by atoms with Gasteiger partial charge in [-0.3, -0.25) is 24.2 Å². The number of hydrogen-bond donors (Lipinski definition) is 1. The Hall–Kier alpha value is -2.70. The van der Waals surface area contributed by atoms with Crippen molar-refractivity contribution < 1.29 is 14.4 Å². The highest BCUT2D eigenvalue weighted by atomic mass is 35.5. The highest BCUT2D eigenvalue weighted by Gasteiger charge is 2.36. The van der Waals surface area contributed by atoms with Gasteiger partial charge in [0.25, 0.3) is 5.78 Å². The Morgan fingerprint density at radius 1 is 1.19 bits per heavy atom. The van der Waals surface area contributed by atoms with Crippen molar-refractivity contribution in [3.05, 3.63) is 58.6 Å². The lowest BCUT2D eigenvalue weighted by molar-refractivity contribution is -0.118. The summed E-state index contributed by atoms with van der Waals surface area (Å²) in [5.41, 5.74) is 2.42. The lowest BCUT2D eigenvalue weighted by atomic mass is 10.1. The van der Waals surface area contributed by atoms with Crippen LogP contribution in [0.15, 0.2) is 42.5 Å². The Bertz CT molecular complexity index is 897. The van der Waals surface area contributed by atoms with Gasteiger partial charge in [0.2, 0.25) is 5.91 Å². The molecule has 1 aliphatic rings. The number of nitrogens with zero attached hydrogens (tertiary/aromatic N) is 2. The predicted octanol–water partition coefficient (Wildman–Crippen LogP) is 2.71. The largest absolute Gasteiger partial charge is 0.324 e. The van der Waals surface area contributed by atoms with Crippen LogP contribution in [0.2, 0.25) is 5.02 Å². The zero-order valence-electron chi connectivity index (χ0n) is 14.5. The molecule has 0 saturated carbocycles. The molecule has 1 N–H and O–H groups in total. The topological polar surface area (TPSA) is 69.7 Å². The molecule has 6 nitrogen and oxygen atoms in total. The SMILES string of the molecule is Cc1ccc2c(c1)C(=O)C(=O)N2CN(C)CC(=O)Nc1ccccc1Cl. The van der Waals surface area contributed by atoms with Crippen LogP contribution in [-0.2, 0) is 9.59 Å². The first-order valence-corrected chi connectivity index (χ1v) is 8.44. The Balaban J connectivity index is 1.66. The molecule has 2 aromatic carbocycles. The van der Waals surface area contributed by atoms with E-state index in [-0.39, 0.29) is 19.1 Å². The molecule has 0 aromatic heterocycles. The van der Waals surface area contributed by atoms with Gasteiger partial charge in [-0.25, -0.2) is 0 Å². The van der Waals surface area contributed by atoms with Gasteiger partial charge in [0.05, 0.1) is 35.2 Å². The van der Waals surface area contributed by atoms with Crippen molar-refractivity contribution in [2.45, 2.75) is 6.92 Å². The Kier molecular flexibility index (Phi) is 5.06. The molecule has 7 heteroatoms. The number of carbonyl (C=O) groups excluding carboxylic acids is 3. The monoisotopic (exact) mass is 371 g/mol. The van der Waals surface area contributed by atoms with E-state index in [1.165, 1.54) is 4.90 Å². The number of halogens is 1. The average molecular weight is 372 g/mol. The van der Waals surface area contributed by atoms with Gasteiger partial charge in [-0.05, 0) is 38.2 Å². The number of Topliss-reactive ketones (excluding diaryl/α,β-unsaturated/α-hetero) is 1. The smallest absolute Gasteiger partial charge is 0.300 e. The van der Waals surface area contributed by atoms with Gasteiger partial charge in [-0.15, -0.1) is 0 Å². The number of likely N-dealkylation sites (N-methyl/N-ethyl adjacent to an activating group) is 1. The van der Waals surface area contributed by atoms with Crippen LogP contribution in [-0.4, -0.2) is 42.8 Å². The molecular formula is C19H18ClN3O3. The first-order valence-electron chi connectivity index (χ1n) is 8.06. The minimum atomic E-state index is -0.580. The van der Waals surface area contributed by atoms with Gasteiger partial charge in [-0.1, -0.05) is 35.4 Å². The third kappa shape index (κ3) is 3.61. The molecule has 1 aliphatic heterocycles. The van der Waals surface area contributed by atoms with E-state index in [0.717, 1.165) is 5.56 Å². The molecule has 0 saturated heterocycles. The molecule has 2 aromatic rings. The second-order valence-electron chi connectivity index (χ2n) is 6.27. The number of para-hydroxylation sites is 1. The quantitative estimate of drug-likeness (QED) is 0.820. The molecule has 0 unspecified atom stereocenters. The van der Waals surface area contributed by atoms with Gasteiger partial charge in [0, 0.05) is 0 Å². The van der Waals surface area contributed by atoms with E-state index in [2.05, 4.69) is 5.32 Å². The number of rotatable bonds is 5. The van der Waals surface area contributed by atoms with Crippen LogP contribution >= 0.6 is 11.6 Å². The fourth-order valence-electron chi connectivity index (χ4n) is 2.84. The molecule has 0 aliphatic carbocycles. The summed E-state index contributed by atoms with van der Waals surface area (Å²) < 4.78 is 0. The zero-order valence-corrected chi connectivity index (χ0v) is 15.2. The summed E-state index contributed by atoms with van der Waals surface area (Å²) >= 11 is 6.03. The predicted molar refractivity (Wildman–Crippen MR) is 101 cm³/mol. The van der Waals surface area contributed by atoms with Crippen molar-refractivity contribution in [2.75, 3.05) is 30.5 Å². The van der Waals surface area contributed by atoms with Crippen molar-refractivity contribution in [3.8, 4) is 0 Å². The standard InChI is InChI=1S/C19H18ClN3O3/c1-12-7-8-16-13(9-12)18(25)19(26)23(16)11-22(2)10-17(24)21-15-6-4-3-5-14(15)20/h3-9H,10-11H2,1-2H3,(H,21,24). The fraction of sp³-hybridized carbons (Fsp3) is 0.211. The summed E-state index contributed by atoms with van der Waals surface area (Å²) in [5.74, 6) is -1.36. The summed E-state index contributed by atoms with van der Waals surface area (Å²) in [4.78, 5) is 39.7. The van der Waals surface area contributed by atoms with E-state index in [4.69, 9.17) is 11.6 Å². The molecule has 0 atom stereocenters. The maximum atomic E-state index is 12.3. The van der Waals surface area contributed by atoms with Crippen LogP contribution in [0, 0.1) is 6.92 Å². The van der Waals surface area contributed by atoms with Crippen molar-refractivity contribution >= 4 is 40.6 Å². The van der Waals surface area contributed by atoms with Gasteiger partial charge in [-0.2, -0.15) is 0 Å². The van der Waals surface area contributed by atoms with Crippen molar-refractivity contribution in [1.29, 1.82) is 0 Å². The fourth-order valence-corrected chi connectivity index (χ4v) is 3.03. The van der Waals surface area contributed by atoms with Gasteiger partial charge in [0.1, 0.15) is 0 Å². The number of nitrogens with one attached hydrogen (secondary N) is 1. The maximum Gasteiger partial charge on any atom is 0.300 e. The molecule has 2 amide bonds. The highest BCUT2D eigenvalue weighted by molar-refractivity contribution is 6.52. The Morgan fingerprint density at radius 2 is 1.92 bits per heavy atom. The number of anilines is 2. The van der Waals surface area contributed by atoms with Gasteiger partial charge < -0.3 is 5.32 Å². The molecule has 0 fully saturated rings. The van der Waals surface area contributed by atoms with Crippen LogP contribution < -0.4 is 10.2 Å². The Labute approximate surface area is 156 Å². The normalized spacial score (nSPS) is 13.3. The molecule has 0 radical (unpaired) electrons. The summed E-state index contributed by atoms with van der Waals surface area (Å²) in [7, 11) is 1.70. The number of benzene rings is 2. The van der Waals surface area contributed by atoms with Crippen LogP contribution in [0.1, 0.15) is 15.9 Å². The van der Waals surface area contributed by atoms with Crippen molar-refractivity contribution in [3.63, 3.8) is 0 Å². The number of amides is 2. The van der Waals surface area contributed by atoms with Crippen LogP contribution in [0.3, 0.4) is 0 Å². The first-order chi connectivity index (χ1) is 12.4. The summed E-state index contributed by atoms with van der Waals surface area (Å²) in [6.45, 7) is 2.05. The van der Waals surface area contributed by atoms with E-state index in [0.29, 0.717) is 22.0 Å². The molecule has 0 spiro atoms. The van der Waals surface area contributed by atoms with E-state index in [9.17, 15) is 14.4 Å². The first kappa shape index (κ1) is 18.1. The van der Waals surface area contributed by atoms with E-state index < -0.39 is 11.7 Å². The maximum absolute atomic E-state index is 12.3. The van der Waals surface area contributed by atoms with E-state index in [1.54, 1.807) is 48.3 Å². The average Bonchev–Trinajstić information content (AvgIpc) is 2.81. The van der Waals surface area contributed by atoms with E-state index >= 15 is 0 Å². The number of hydrogen-bond acceptors (Lipinski definition) is 4. The molecule has 26 heavy (non-hydrogen) atoms. The van der Waals surface area contributed by atoms with Gasteiger partial charge >= 0.3 is 5.91 Å². The lowest BCUT2D eigenvalue weighted by Crippen LogP contribution is -2.42. The molecule has 0 bridgehead atoms. The second kappa shape index (κ2) is 7.27. The zero-order chi connectivity index (χ0) is 18.8. The summed E-state index contributed by atoms with van der Waals surface area (Å²) in [6, 6.07) is 12.3. The number of fused-ring (bicyclic) bond motifs is 1. The van der Waals surface area contributed by atoms with Gasteiger partial charge in [0.15, 0.2) is 0 Å². The number of aryl methyl sites for hydroxylation is 1. The minimum Gasteiger partial charge on any atom is -0.324 e. The molecule has 134 valence electrons. The van der Waals surface area contributed by atoms with Crippen LogP contribution in [0.4, 0.5) is 11.4 Å². The van der Waals surface area contributed by atoms with Crippen molar-refractivity contribution in [2.24, 2.45) is 0 Å². The van der Waals surface area contributed by atoms with Crippen molar-refractivity contribution in [1.82, 2.24) is 4.90 Å². The molecule has 1 heterocycles. The van der Waals surface area contributed by atoms with E-state index in [1.807, 2.05) is 13.0 Å². The highest BCUT2D eigenvalue weighted by Crippen LogP contribution is 2.29. The lowest BCUT2D eigenvalue weighted by Gasteiger charge is -2.24. The van der Waals surface area contributed by atoms with Crippen LogP contribution in [0.25, 0.3) is 0 Å². The van der Waals surface area contributed by atoms with Crippen LogP contribution in [0.5, 0.6) is 0 Å². The molecule has 3 rings (SSSR count). The minimum absolute atomic E-state index is 0.0460. The summed E-state index contributed by atoms with van der Waals surface area (Å²) in [6.07, 6.45) is 0. The molecular weight excluding hydrogens is 354 g/mol. The summed E-state index contributed by atoms with van der Waals surface area (Å²) in [5, 5.41) is 3.18. The number of ketones is 1. The number of carbonyl (C=O) groups is 3. The second-order valence-corrected chi connectivity index (χ2v) is 6.67. The third-order valence-electron chi connectivity index (χ3n) is 4.07. The Morgan fingerprint density at radius 3 is 2.65 bits per heavy atom. The third-order valence-corrected chi connectivity index (χ3v) is 4.40.